The lowest BCUT2D eigenvalue weighted by Crippen LogP contribution is -2.38. The molecule has 6 nitrogen and oxygen atoms in total. The minimum absolute atomic E-state index is 0.0135. The van der Waals surface area contributed by atoms with Crippen LogP contribution in [0.4, 0.5) is 0 Å². The molecule has 0 aliphatic carbocycles. The number of esters is 3. The zero-order chi connectivity index (χ0) is 13.5. The van der Waals surface area contributed by atoms with Gasteiger partial charge in [-0.25, -0.2) is 0 Å². The van der Waals surface area contributed by atoms with Gasteiger partial charge in [0.15, 0.2) is 5.41 Å². The average Bonchev–Trinajstić information content (AvgIpc) is 2.31. The summed E-state index contributed by atoms with van der Waals surface area (Å²) in [5.41, 5.74) is -1.44. The molecule has 0 N–H and O–H groups in total. The van der Waals surface area contributed by atoms with Crippen LogP contribution in [0.1, 0.15) is 20.3 Å². The maximum atomic E-state index is 11.5. The van der Waals surface area contributed by atoms with Crippen molar-refractivity contribution in [1.82, 2.24) is 0 Å². The smallest absolute Gasteiger partial charge is 0.323 e. The molecule has 0 saturated carbocycles. The summed E-state index contributed by atoms with van der Waals surface area (Å²) in [6.45, 7) is 2.63. The van der Waals surface area contributed by atoms with Crippen molar-refractivity contribution in [3.05, 3.63) is 12.3 Å². The van der Waals surface area contributed by atoms with E-state index < -0.39 is 23.3 Å². The van der Waals surface area contributed by atoms with Crippen molar-refractivity contribution in [1.29, 1.82) is 0 Å². The normalized spacial score (nSPS) is 11.1. The van der Waals surface area contributed by atoms with Crippen LogP contribution >= 0.6 is 0 Å². The Balaban J connectivity index is 4.72. The Morgan fingerprint density at radius 2 is 1.59 bits per heavy atom. The summed E-state index contributed by atoms with van der Waals surface area (Å²) in [6.07, 6.45) is 2.52. The maximum Gasteiger partial charge on any atom is 0.323 e. The van der Waals surface area contributed by atoms with E-state index >= 15 is 0 Å². The lowest BCUT2D eigenvalue weighted by molar-refractivity contribution is -0.167. The van der Waals surface area contributed by atoms with Gasteiger partial charge in [0.2, 0.25) is 0 Å². The van der Waals surface area contributed by atoms with E-state index in [4.69, 9.17) is 0 Å². The Morgan fingerprint density at radius 3 is 1.94 bits per heavy atom. The van der Waals surface area contributed by atoms with Gasteiger partial charge in [-0.2, -0.15) is 0 Å². The number of rotatable bonds is 5. The summed E-state index contributed by atoms with van der Waals surface area (Å²) in [6, 6.07) is 0. The van der Waals surface area contributed by atoms with Crippen LogP contribution in [-0.2, 0) is 28.6 Å². The standard InChI is InChI=1S/C11H16O6/c1-8(12)17-7-5-6-11(2,9(13)15-3)10(14)16-4/h5,7H,6H2,1-4H3/b7-5+. The first-order chi connectivity index (χ1) is 7.88. The molecule has 0 unspecified atom stereocenters. The van der Waals surface area contributed by atoms with Gasteiger partial charge in [0.1, 0.15) is 0 Å². The van der Waals surface area contributed by atoms with Gasteiger partial charge in [-0.05, 0) is 19.4 Å². The van der Waals surface area contributed by atoms with Crippen molar-refractivity contribution in [2.24, 2.45) is 5.41 Å². The quantitative estimate of drug-likeness (QED) is 0.308. The fourth-order valence-electron chi connectivity index (χ4n) is 1.13. The van der Waals surface area contributed by atoms with Gasteiger partial charge in [-0.3, -0.25) is 14.4 Å². The highest BCUT2D eigenvalue weighted by atomic mass is 16.5. The van der Waals surface area contributed by atoms with Crippen molar-refractivity contribution in [3.8, 4) is 0 Å². The third kappa shape index (κ3) is 4.26. The highest BCUT2D eigenvalue weighted by Gasteiger charge is 2.42. The third-order valence-electron chi connectivity index (χ3n) is 2.13. The van der Waals surface area contributed by atoms with Gasteiger partial charge in [0, 0.05) is 6.92 Å². The fourth-order valence-corrected chi connectivity index (χ4v) is 1.13. The van der Waals surface area contributed by atoms with Crippen molar-refractivity contribution in [3.63, 3.8) is 0 Å². The highest BCUT2D eigenvalue weighted by molar-refractivity contribution is 5.99. The number of hydrogen-bond acceptors (Lipinski definition) is 6. The predicted octanol–water partition coefficient (Wildman–Crippen LogP) is 0.806. The minimum Gasteiger partial charge on any atom is -0.468 e. The number of allylic oxidation sites excluding steroid dienone is 1. The fraction of sp³-hybridized carbons (Fsp3) is 0.545. The molecule has 0 aliphatic rings. The van der Waals surface area contributed by atoms with Crippen molar-refractivity contribution in [2.75, 3.05) is 14.2 Å². The first-order valence-electron chi connectivity index (χ1n) is 4.87. The Labute approximate surface area is 99.5 Å². The second kappa shape index (κ2) is 6.67. The SMILES string of the molecule is COC(=O)C(C)(C/C=C/OC(C)=O)C(=O)OC. The molecule has 0 rings (SSSR count). The summed E-state index contributed by atoms with van der Waals surface area (Å²) in [7, 11) is 2.36. The number of methoxy groups -OCH3 is 2. The molecular formula is C11H16O6. The number of hydrogen-bond donors (Lipinski definition) is 0. The molecule has 17 heavy (non-hydrogen) atoms. The van der Waals surface area contributed by atoms with E-state index in [0.29, 0.717) is 0 Å². The lowest BCUT2D eigenvalue weighted by atomic mass is 9.87. The monoisotopic (exact) mass is 244 g/mol. The van der Waals surface area contributed by atoms with Crippen LogP contribution in [0.5, 0.6) is 0 Å². The Hall–Kier alpha value is -1.85. The summed E-state index contributed by atoms with van der Waals surface area (Å²) in [5, 5.41) is 0. The predicted molar refractivity (Wildman–Crippen MR) is 57.7 cm³/mol. The van der Waals surface area contributed by atoms with Crippen LogP contribution in [0.25, 0.3) is 0 Å². The van der Waals surface area contributed by atoms with Gasteiger partial charge >= 0.3 is 17.9 Å². The van der Waals surface area contributed by atoms with Gasteiger partial charge in [0.25, 0.3) is 0 Å². The molecule has 0 aromatic heterocycles. The minimum atomic E-state index is -1.44. The maximum absolute atomic E-state index is 11.5. The average molecular weight is 244 g/mol. The van der Waals surface area contributed by atoms with Gasteiger partial charge in [-0.15, -0.1) is 0 Å². The summed E-state index contributed by atoms with van der Waals surface area (Å²) in [4.78, 5) is 33.5. The molecule has 0 bridgehead atoms. The van der Waals surface area contributed by atoms with Crippen LogP contribution in [0.3, 0.4) is 0 Å². The Bertz CT molecular complexity index is 315. The second-order valence-corrected chi connectivity index (χ2v) is 3.50. The highest BCUT2D eigenvalue weighted by Crippen LogP contribution is 2.25. The second-order valence-electron chi connectivity index (χ2n) is 3.50. The van der Waals surface area contributed by atoms with E-state index in [-0.39, 0.29) is 6.42 Å². The first kappa shape index (κ1) is 15.2. The van der Waals surface area contributed by atoms with E-state index in [0.717, 1.165) is 6.26 Å². The molecule has 0 saturated heterocycles. The van der Waals surface area contributed by atoms with E-state index in [9.17, 15) is 14.4 Å². The van der Waals surface area contributed by atoms with E-state index in [1.807, 2.05) is 0 Å². The van der Waals surface area contributed by atoms with Crippen molar-refractivity contribution >= 4 is 17.9 Å². The Kier molecular flexibility index (Phi) is 5.95. The zero-order valence-electron chi connectivity index (χ0n) is 10.3. The molecule has 0 aliphatic heterocycles. The van der Waals surface area contributed by atoms with Crippen LogP contribution in [0.15, 0.2) is 12.3 Å². The van der Waals surface area contributed by atoms with E-state index in [2.05, 4.69) is 14.2 Å². The molecule has 6 heteroatoms. The molecule has 0 heterocycles. The molecule has 0 aromatic rings. The summed E-state index contributed by atoms with van der Waals surface area (Å²) >= 11 is 0. The Morgan fingerprint density at radius 1 is 1.12 bits per heavy atom. The number of carbonyl (C=O) groups excluding carboxylic acids is 3. The van der Waals surface area contributed by atoms with Crippen molar-refractivity contribution in [2.45, 2.75) is 20.3 Å². The molecular weight excluding hydrogens is 228 g/mol. The van der Waals surface area contributed by atoms with Crippen LogP contribution in [0.2, 0.25) is 0 Å². The van der Waals surface area contributed by atoms with Gasteiger partial charge in [0.05, 0.1) is 20.5 Å². The van der Waals surface area contributed by atoms with Crippen LogP contribution in [-0.4, -0.2) is 32.1 Å². The topological polar surface area (TPSA) is 78.9 Å². The van der Waals surface area contributed by atoms with Gasteiger partial charge in [-0.1, -0.05) is 0 Å². The van der Waals surface area contributed by atoms with Crippen molar-refractivity contribution < 1.29 is 28.6 Å². The van der Waals surface area contributed by atoms with E-state index in [1.165, 1.54) is 34.1 Å². The molecule has 0 fully saturated rings. The first-order valence-corrected chi connectivity index (χ1v) is 4.87. The molecule has 0 radical (unpaired) electrons. The molecule has 0 atom stereocenters. The van der Waals surface area contributed by atoms with Crippen LogP contribution in [0, 0.1) is 5.41 Å². The molecule has 0 amide bonds. The van der Waals surface area contributed by atoms with Crippen LogP contribution < -0.4 is 0 Å². The number of ether oxygens (including phenoxy) is 3. The lowest BCUT2D eigenvalue weighted by Gasteiger charge is -2.21. The molecule has 0 aromatic carbocycles. The largest absolute Gasteiger partial charge is 0.468 e. The molecule has 96 valence electrons. The summed E-state index contributed by atoms with van der Waals surface area (Å²) < 4.78 is 13.6. The summed E-state index contributed by atoms with van der Waals surface area (Å²) in [5.74, 6) is -1.91. The van der Waals surface area contributed by atoms with Gasteiger partial charge < -0.3 is 14.2 Å². The number of carbonyl (C=O) groups is 3. The van der Waals surface area contributed by atoms with E-state index in [1.54, 1.807) is 0 Å². The zero-order valence-corrected chi connectivity index (χ0v) is 10.3. The molecule has 0 spiro atoms. The third-order valence-corrected chi connectivity index (χ3v) is 2.13.